The molecule has 1 aromatic heterocycles. The van der Waals surface area contributed by atoms with Gasteiger partial charge in [0.05, 0.1) is 4.91 Å². The van der Waals surface area contributed by atoms with Gasteiger partial charge in [0.2, 0.25) is 0 Å². The second-order valence-corrected chi connectivity index (χ2v) is 12.4. The van der Waals surface area contributed by atoms with Gasteiger partial charge in [0.15, 0.2) is 0 Å². The van der Waals surface area contributed by atoms with E-state index in [2.05, 4.69) is 47.1 Å². The monoisotopic (exact) mass is 591 g/mol. The number of amides is 1. The van der Waals surface area contributed by atoms with Crippen molar-refractivity contribution in [3.05, 3.63) is 67.8 Å². The van der Waals surface area contributed by atoms with Gasteiger partial charge in [-0.15, -0.1) is 0 Å². The highest BCUT2D eigenvalue weighted by molar-refractivity contribution is 8.26. The molecule has 0 aliphatic carbocycles. The Morgan fingerprint density at radius 2 is 1.68 bits per heavy atom. The zero-order valence-corrected chi connectivity index (χ0v) is 26.2. The van der Waals surface area contributed by atoms with Crippen LogP contribution in [0.4, 0.5) is 5.82 Å². The maximum Gasteiger partial charge on any atom is 0.270 e. The first kappa shape index (κ1) is 31.0. The maximum atomic E-state index is 13.5. The number of piperazine rings is 1. The summed E-state index contributed by atoms with van der Waals surface area (Å²) in [7, 11) is 0. The van der Waals surface area contributed by atoms with Crippen molar-refractivity contribution in [1.29, 1.82) is 5.26 Å². The zero-order chi connectivity index (χ0) is 29.4. The van der Waals surface area contributed by atoms with E-state index >= 15 is 0 Å². The lowest BCUT2D eigenvalue weighted by Gasteiger charge is -2.38. The summed E-state index contributed by atoms with van der Waals surface area (Å²) in [6.45, 7) is 11.1. The fourth-order valence-electron chi connectivity index (χ4n) is 5.61. The largest absolute Gasteiger partial charge is 0.355 e. The number of rotatable bonds is 12. The topological polar surface area (TPSA) is 72.6 Å². The third-order valence-corrected chi connectivity index (χ3v) is 9.35. The predicted octanol–water partition coefficient (Wildman–Crippen LogP) is 5.93. The number of carbonyl (C=O) groups excluding carboxylic acids is 1. The lowest BCUT2D eigenvalue weighted by atomic mass is 10.0. The Labute approximate surface area is 253 Å². The normalized spacial score (nSPS) is 17.1. The molecule has 2 aliphatic heterocycles. The number of nitrogens with zero attached hydrogens (tertiary/aromatic N) is 5. The van der Waals surface area contributed by atoms with Gasteiger partial charge in [-0.25, -0.2) is 0 Å². The number of carbonyl (C=O) groups is 1. The average Bonchev–Trinajstić information content (AvgIpc) is 3.24. The van der Waals surface area contributed by atoms with Crippen LogP contribution in [0.15, 0.2) is 40.0 Å². The molecule has 1 amide bonds. The molecule has 3 heterocycles. The summed E-state index contributed by atoms with van der Waals surface area (Å²) in [6, 6.07) is 12.6. The van der Waals surface area contributed by atoms with Crippen LogP contribution in [0.25, 0.3) is 6.08 Å². The van der Waals surface area contributed by atoms with Crippen LogP contribution in [0.1, 0.15) is 74.6 Å². The minimum absolute atomic E-state index is 0.0839. The zero-order valence-electron chi connectivity index (χ0n) is 24.5. The quantitative estimate of drug-likeness (QED) is 0.172. The van der Waals surface area contributed by atoms with Crippen molar-refractivity contribution in [3.8, 4) is 6.07 Å². The van der Waals surface area contributed by atoms with Crippen LogP contribution in [0.3, 0.4) is 0 Å². The highest BCUT2D eigenvalue weighted by Crippen LogP contribution is 2.36. The second-order valence-electron chi connectivity index (χ2n) is 10.7. The number of thioether (sulfide) groups is 1. The Balaban J connectivity index is 1.59. The summed E-state index contributed by atoms with van der Waals surface area (Å²) >= 11 is 6.93. The van der Waals surface area contributed by atoms with E-state index in [1.165, 1.54) is 43.0 Å². The first-order valence-corrected chi connectivity index (χ1v) is 16.1. The molecule has 7 nitrogen and oxygen atoms in total. The lowest BCUT2D eigenvalue weighted by molar-refractivity contribution is -0.122. The number of unbranched alkanes of at least 4 members (excludes halogenated alkanes) is 5. The highest BCUT2D eigenvalue weighted by atomic mass is 32.2. The standard InChI is InChI=1S/C32H41N5O2S2/c1-4-6-7-8-9-13-16-37-31(39)28(41-32(37)40)21-26-24(3)27(22-33)30(38)36(5-2)29(26)35-19-17-34(18-20-35)23-25-14-11-10-12-15-25/h10-12,14-15,21H,4-9,13,16-20,23H2,1-3H3/b28-21-. The van der Waals surface area contributed by atoms with Gasteiger partial charge in [-0.2, -0.15) is 5.26 Å². The molecule has 2 saturated heterocycles. The van der Waals surface area contributed by atoms with Gasteiger partial charge in [-0.05, 0) is 37.5 Å². The van der Waals surface area contributed by atoms with Gasteiger partial charge < -0.3 is 4.90 Å². The van der Waals surface area contributed by atoms with E-state index < -0.39 is 0 Å². The van der Waals surface area contributed by atoms with E-state index in [0.717, 1.165) is 56.9 Å². The Morgan fingerprint density at radius 1 is 1.00 bits per heavy atom. The van der Waals surface area contributed by atoms with Crippen LogP contribution in [0, 0.1) is 18.3 Å². The smallest absolute Gasteiger partial charge is 0.270 e. The van der Waals surface area contributed by atoms with Crippen LogP contribution < -0.4 is 10.5 Å². The number of benzene rings is 1. The number of hydrogen-bond acceptors (Lipinski definition) is 7. The van der Waals surface area contributed by atoms with E-state index in [9.17, 15) is 14.9 Å². The van der Waals surface area contributed by atoms with Crippen molar-refractivity contribution in [2.75, 3.05) is 37.6 Å². The molecule has 0 saturated carbocycles. The van der Waals surface area contributed by atoms with E-state index in [4.69, 9.17) is 12.2 Å². The Bertz CT molecular complexity index is 1370. The summed E-state index contributed by atoms with van der Waals surface area (Å²) in [6.07, 6.45) is 8.75. The molecule has 2 fully saturated rings. The highest BCUT2D eigenvalue weighted by Gasteiger charge is 2.33. The number of nitriles is 1. The van der Waals surface area contributed by atoms with E-state index in [1.54, 1.807) is 9.47 Å². The van der Waals surface area contributed by atoms with Gasteiger partial charge >= 0.3 is 0 Å². The van der Waals surface area contributed by atoms with Crippen LogP contribution in [-0.2, 0) is 17.9 Å². The third-order valence-electron chi connectivity index (χ3n) is 7.97. The molecule has 4 rings (SSSR count). The summed E-state index contributed by atoms with van der Waals surface area (Å²) in [4.78, 5) is 33.8. The van der Waals surface area contributed by atoms with Crippen LogP contribution in [-0.4, -0.2) is 57.3 Å². The maximum absolute atomic E-state index is 13.5. The van der Waals surface area contributed by atoms with Crippen molar-refractivity contribution in [2.45, 2.75) is 72.4 Å². The molecule has 0 bridgehead atoms. The van der Waals surface area contributed by atoms with Gasteiger partial charge in [0.1, 0.15) is 21.8 Å². The van der Waals surface area contributed by atoms with E-state index in [0.29, 0.717) is 27.9 Å². The fraction of sp³-hybridized carbons (Fsp3) is 0.500. The molecular formula is C32H41N5O2S2. The van der Waals surface area contributed by atoms with Crippen molar-refractivity contribution in [2.24, 2.45) is 0 Å². The molecule has 0 spiro atoms. The van der Waals surface area contributed by atoms with Gasteiger partial charge in [-0.3, -0.25) is 24.0 Å². The molecule has 0 unspecified atom stereocenters. The summed E-state index contributed by atoms with van der Waals surface area (Å²) < 4.78 is 2.27. The van der Waals surface area contributed by atoms with Gasteiger partial charge in [0.25, 0.3) is 11.5 Å². The van der Waals surface area contributed by atoms with Crippen molar-refractivity contribution >= 4 is 46.1 Å². The SMILES string of the molecule is CCCCCCCCN1C(=O)/C(=C/c2c(C)c(C#N)c(=O)n(CC)c2N2CCN(Cc3ccccc3)CC2)SC1=S. The summed E-state index contributed by atoms with van der Waals surface area (Å²) in [5.74, 6) is 0.703. The molecule has 2 aromatic rings. The van der Waals surface area contributed by atoms with Crippen LogP contribution >= 0.6 is 24.0 Å². The van der Waals surface area contributed by atoms with Gasteiger partial charge in [-0.1, -0.05) is 93.3 Å². The molecule has 2 aliphatic rings. The average molecular weight is 592 g/mol. The minimum Gasteiger partial charge on any atom is -0.355 e. The molecule has 0 radical (unpaired) electrons. The Morgan fingerprint density at radius 3 is 2.34 bits per heavy atom. The number of thiocarbonyl (C=S) groups is 1. The van der Waals surface area contributed by atoms with Crippen molar-refractivity contribution < 1.29 is 4.79 Å². The van der Waals surface area contributed by atoms with Crippen molar-refractivity contribution in [3.63, 3.8) is 0 Å². The first-order chi connectivity index (χ1) is 19.9. The molecule has 9 heteroatoms. The lowest BCUT2D eigenvalue weighted by Crippen LogP contribution is -2.48. The number of hydrogen-bond donors (Lipinski definition) is 0. The minimum atomic E-state index is -0.276. The first-order valence-electron chi connectivity index (χ1n) is 14.8. The number of anilines is 1. The molecule has 218 valence electrons. The summed E-state index contributed by atoms with van der Waals surface area (Å²) in [5.41, 5.74) is 2.52. The molecule has 41 heavy (non-hydrogen) atoms. The van der Waals surface area contributed by atoms with Gasteiger partial charge in [0, 0.05) is 51.4 Å². The number of pyridine rings is 1. The van der Waals surface area contributed by atoms with Crippen LogP contribution in [0.5, 0.6) is 0 Å². The fourth-order valence-corrected chi connectivity index (χ4v) is 6.90. The molecule has 1 aromatic carbocycles. The van der Waals surface area contributed by atoms with Crippen LogP contribution in [0.2, 0.25) is 0 Å². The van der Waals surface area contributed by atoms with E-state index in [-0.39, 0.29) is 17.0 Å². The van der Waals surface area contributed by atoms with E-state index in [1.807, 2.05) is 26.0 Å². The van der Waals surface area contributed by atoms with Crippen molar-refractivity contribution in [1.82, 2.24) is 14.4 Å². The molecular weight excluding hydrogens is 551 g/mol. The summed E-state index contributed by atoms with van der Waals surface area (Å²) in [5, 5.41) is 9.89. The third kappa shape index (κ3) is 7.29. The molecule has 0 N–H and O–H groups in total. The second kappa shape index (κ2) is 14.8. The Kier molecular flexibility index (Phi) is 11.2. The predicted molar refractivity (Wildman–Crippen MR) is 173 cm³/mol. The number of aromatic nitrogens is 1. The molecule has 0 atom stereocenters. The Hall–Kier alpha value is -2.93.